The number of carbonyl (C=O) groups excluding carboxylic acids is 1. The highest BCUT2D eigenvalue weighted by molar-refractivity contribution is 5.94. The lowest BCUT2D eigenvalue weighted by molar-refractivity contribution is 0.0784. The molecule has 1 aromatic heterocycles. The van der Waals surface area contributed by atoms with E-state index in [1.54, 1.807) is 0 Å². The number of hydrogen-bond acceptors (Lipinski definition) is 3. The number of likely N-dealkylation sites (tertiary alicyclic amines) is 1. The quantitative estimate of drug-likeness (QED) is 0.850. The van der Waals surface area contributed by atoms with Gasteiger partial charge in [-0.25, -0.2) is 0 Å². The van der Waals surface area contributed by atoms with E-state index in [0.717, 1.165) is 76.7 Å². The first-order valence-electron chi connectivity index (χ1n) is 11.4. The molecule has 1 N–H and O–H groups in total. The zero-order valence-electron chi connectivity index (χ0n) is 17.5. The number of hydrogen-bond donors (Lipinski definition) is 1. The maximum absolute atomic E-state index is 13.2. The Morgan fingerprint density at radius 1 is 1.10 bits per heavy atom. The van der Waals surface area contributed by atoms with Crippen LogP contribution in [0.3, 0.4) is 0 Å². The summed E-state index contributed by atoms with van der Waals surface area (Å²) in [5.41, 5.74) is 6.23. The van der Waals surface area contributed by atoms with Crippen molar-refractivity contribution < 1.29 is 4.79 Å². The maximum Gasteiger partial charge on any atom is 0.274 e. The SMILES string of the molecule is CCCn1nc(C(=O)N2CCCC2)c2c1CCC(NC1Cc3ccccc3C1)C2. The number of nitrogens with zero attached hydrogens (tertiary/aromatic N) is 3. The van der Waals surface area contributed by atoms with Gasteiger partial charge in [0.2, 0.25) is 0 Å². The van der Waals surface area contributed by atoms with E-state index in [-0.39, 0.29) is 5.91 Å². The molecule has 1 aliphatic heterocycles. The molecule has 1 unspecified atom stereocenters. The van der Waals surface area contributed by atoms with Crippen molar-refractivity contribution in [1.29, 1.82) is 0 Å². The molecule has 0 spiro atoms. The zero-order chi connectivity index (χ0) is 19.8. The monoisotopic (exact) mass is 392 g/mol. The van der Waals surface area contributed by atoms with Gasteiger partial charge in [-0.15, -0.1) is 0 Å². The maximum atomic E-state index is 13.2. The minimum Gasteiger partial charge on any atom is -0.337 e. The van der Waals surface area contributed by atoms with Crippen LogP contribution in [-0.4, -0.2) is 45.8 Å². The lowest BCUT2D eigenvalue weighted by Gasteiger charge is -2.27. The van der Waals surface area contributed by atoms with Crippen LogP contribution in [0.4, 0.5) is 0 Å². The summed E-state index contributed by atoms with van der Waals surface area (Å²) in [6, 6.07) is 9.77. The van der Waals surface area contributed by atoms with Crippen molar-refractivity contribution in [3.8, 4) is 0 Å². The van der Waals surface area contributed by atoms with Gasteiger partial charge in [-0.05, 0) is 62.5 Å². The third-order valence-corrected chi connectivity index (χ3v) is 6.90. The molecule has 154 valence electrons. The average Bonchev–Trinajstić information content (AvgIpc) is 3.46. The van der Waals surface area contributed by atoms with Gasteiger partial charge in [-0.3, -0.25) is 9.48 Å². The second-order valence-corrected chi connectivity index (χ2v) is 8.98. The Hall–Kier alpha value is -2.14. The lowest BCUT2D eigenvalue weighted by atomic mass is 9.90. The molecule has 2 heterocycles. The number of benzene rings is 1. The molecule has 1 fully saturated rings. The summed E-state index contributed by atoms with van der Waals surface area (Å²) in [6.07, 6.45) is 8.61. The average molecular weight is 393 g/mol. The Balaban J connectivity index is 1.34. The van der Waals surface area contributed by atoms with Gasteiger partial charge >= 0.3 is 0 Å². The van der Waals surface area contributed by atoms with E-state index >= 15 is 0 Å². The minimum absolute atomic E-state index is 0.155. The van der Waals surface area contributed by atoms with Gasteiger partial charge < -0.3 is 10.2 Å². The molecule has 29 heavy (non-hydrogen) atoms. The molecular weight excluding hydrogens is 360 g/mol. The van der Waals surface area contributed by atoms with Crippen LogP contribution in [0.2, 0.25) is 0 Å². The van der Waals surface area contributed by atoms with E-state index in [4.69, 9.17) is 5.10 Å². The highest BCUT2D eigenvalue weighted by atomic mass is 16.2. The van der Waals surface area contributed by atoms with E-state index in [1.807, 2.05) is 4.90 Å². The number of rotatable bonds is 5. The minimum atomic E-state index is 0.155. The molecule has 1 aromatic carbocycles. The number of carbonyl (C=O) groups is 1. The second kappa shape index (κ2) is 7.94. The van der Waals surface area contributed by atoms with Crippen LogP contribution in [-0.2, 0) is 32.2 Å². The fourth-order valence-corrected chi connectivity index (χ4v) is 5.48. The largest absolute Gasteiger partial charge is 0.337 e. The Labute approximate surface area is 173 Å². The van der Waals surface area contributed by atoms with Gasteiger partial charge in [-0.1, -0.05) is 31.2 Å². The Morgan fingerprint density at radius 3 is 2.52 bits per heavy atom. The van der Waals surface area contributed by atoms with Gasteiger partial charge in [0.25, 0.3) is 5.91 Å². The summed E-state index contributed by atoms with van der Waals surface area (Å²) >= 11 is 0. The topological polar surface area (TPSA) is 50.2 Å². The van der Waals surface area contributed by atoms with Crippen molar-refractivity contribution in [3.63, 3.8) is 0 Å². The summed E-state index contributed by atoms with van der Waals surface area (Å²) in [5, 5.41) is 8.74. The van der Waals surface area contributed by atoms with E-state index in [1.165, 1.54) is 22.4 Å². The van der Waals surface area contributed by atoms with Crippen LogP contribution >= 0.6 is 0 Å². The Kier molecular flexibility index (Phi) is 5.17. The van der Waals surface area contributed by atoms with Crippen LogP contribution < -0.4 is 5.32 Å². The first-order chi connectivity index (χ1) is 14.2. The zero-order valence-corrected chi connectivity index (χ0v) is 17.5. The van der Waals surface area contributed by atoms with Crippen molar-refractivity contribution in [2.45, 2.75) is 76.9 Å². The highest BCUT2D eigenvalue weighted by Crippen LogP contribution is 2.29. The number of nitrogens with one attached hydrogen (secondary N) is 1. The molecule has 1 amide bonds. The van der Waals surface area contributed by atoms with Gasteiger partial charge in [0.05, 0.1) is 0 Å². The predicted octanol–water partition coefficient (Wildman–Crippen LogP) is 3.14. The third kappa shape index (κ3) is 3.61. The molecule has 0 radical (unpaired) electrons. The normalized spacial score (nSPS) is 21.4. The van der Waals surface area contributed by atoms with Crippen LogP contribution in [0.5, 0.6) is 0 Å². The highest BCUT2D eigenvalue weighted by Gasteiger charge is 2.33. The van der Waals surface area contributed by atoms with Crippen LogP contribution in [0.25, 0.3) is 0 Å². The van der Waals surface area contributed by atoms with E-state index < -0.39 is 0 Å². The predicted molar refractivity (Wildman–Crippen MR) is 114 cm³/mol. The van der Waals surface area contributed by atoms with Gasteiger partial charge in [0, 0.05) is 43.0 Å². The summed E-state index contributed by atoms with van der Waals surface area (Å²) in [7, 11) is 0. The third-order valence-electron chi connectivity index (χ3n) is 6.90. The van der Waals surface area contributed by atoms with Crippen molar-refractivity contribution in [2.24, 2.45) is 0 Å². The molecule has 0 saturated carbocycles. The molecule has 5 nitrogen and oxygen atoms in total. The molecule has 0 bridgehead atoms. The molecule has 5 rings (SSSR count). The molecule has 2 aliphatic carbocycles. The van der Waals surface area contributed by atoms with Gasteiger partial charge in [0.1, 0.15) is 0 Å². The smallest absolute Gasteiger partial charge is 0.274 e. The fourth-order valence-electron chi connectivity index (χ4n) is 5.48. The van der Waals surface area contributed by atoms with E-state index in [0.29, 0.717) is 12.1 Å². The summed E-state index contributed by atoms with van der Waals surface area (Å²) in [5.74, 6) is 0.155. The van der Waals surface area contributed by atoms with E-state index in [2.05, 4.69) is 41.2 Å². The molecule has 2 aromatic rings. The van der Waals surface area contributed by atoms with Crippen LogP contribution in [0, 0.1) is 0 Å². The molecular formula is C24H32N4O. The van der Waals surface area contributed by atoms with Crippen molar-refractivity contribution >= 4 is 5.91 Å². The van der Waals surface area contributed by atoms with Crippen molar-refractivity contribution in [2.75, 3.05) is 13.1 Å². The first-order valence-corrected chi connectivity index (χ1v) is 11.4. The number of fused-ring (bicyclic) bond motifs is 2. The number of aromatic nitrogens is 2. The van der Waals surface area contributed by atoms with Crippen LogP contribution in [0.15, 0.2) is 24.3 Å². The Morgan fingerprint density at radius 2 is 1.83 bits per heavy atom. The summed E-state index contributed by atoms with van der Waals surface area (Å²) in [4.78, 5) is 15.2. The molecule has 3 aliphatic rings. The molecule has 5 heteroatoms. The van der Waals surface area contributed by atoms with Gasteiger partial charge in [-0.2, -0.15) is 5.10 Å². The summed E-state index contributed by atoms with van der Waals surface area (Å²) in [6.45, 7) is 4.86. The Bertz CT molecular complexity index is 871. The second-order valence-electron chi connectivity index (χ2n) is 8.98. The van der Waals surface area contributed by atoms with Crippen LogP contribution in [0.1, 0.15) is 65.5 Å². The summed E-state index contributed by atoms with van der Waals surface area (Å²) < 4.78 is 2.13. The number of amides is 1. The molecule has 1 atom stereocenters. The lowest BCUT2D eigenvalue weighted by Crippen LogP contribution is -2.42. The fraction of sp³-hybridized carbons (Fsp3) is 0.583. The van der Waals surface area contributed by atoms with Crippen molar-refractivity contribution in [1.82, 2.24) is 20.0 Å². The van der Waals surface area contributed by atoms with Gasteiger partial charge in [0.15, 0.2) is 5.69 Å². The van der Waals surface area contributed by atoms with E-state index in [9.17, 15) is 4.79 Å². The standard InChI is InChI=1S/C24H32N4O/c1-2-11-28-22-10-9-19(25-20-14-17-7-3-4-8-18(17)15-20)16-21(22)23(26-28)24(29)27-12-5-6-13-27/h3-4,7-8,19-20,25H,2,5-6,9-16H2,1H3. The van der Waals surface area contributed by atoms with Crippen molar-refractivity contribution in [3.05, 3.63) is 52.3 Å². The first kappa shape index (κ1) is 18.9. The molecule has 1 saturated heterocycles. The number of aryl methyl sites for hydroxylation is 1.